The van der Waals surface area contributed by atoms with Gasteiger partial charge in [-0.3, -0.25) is 9.59 Å². The molecule has 0 saturated heterocycles. The molecule has 172 valence electrons. The quantitative estimate of drug-likeness (QED) is 0.474. The maximum atomic E-state index is 13.2. The van der Waals surface area contributed by atoms with Crippen molar-refractivity contribution in [2.45, 2.75) is 33.1 Å². The third-order valence-electron chi connectivity index (χ3n) is 4.71. The van der Waals surface area contributed by atoms with Crippen molar-refractivity contribution >= 4 is 11.9 Å². The number of benzene rings is 3. The van der Waals surface area contributed by atoms with Crippen LogP contribution in [0.4, 0.5) is 4.39 Å². The third kappa shape index (κ3) is 7.07. The second-order valence-corrected chi connectivity index (χ2v) is 7.77. The number of amides is 1. The number of halogens is 1. The first kappa shape index (κ1) is 23.8. The number of hydrogen-bond acceptors (Lipinski definition) is 4. The Morgan fingerprint density at radius 2 is 1.73 bits per heavy atom. The third-order valence-corrected chi connectivity index (χ3v) is 4.71. The summed E-state index contributed by atoms with van der Waals surface area (Å²) in [7, 11) is 0. The van der Waals surface area contributed by atoms with Crippen LogP contribution in [0.15, 0.2) is 72.8 Å². The number of carbonyl (C=O) groups is 2. The number of hydrogen-bond donors (Lipinski definition) is 1. The van der Waals surface area contributed by atoms with E-state index in [1.165, 1.54) is 17.0 Å². The lowest BCUT2D eigenvalue weighted by Gasteiger charge is -2.23. The fraction of sp³-hybridized carbons (Fsp3) is 0.231. The van der Waals surface area contributed by atoms with E-state index >= 15 is 0 Å². The van der Waals surface area contributed by atoms with Crippen molar-refractivity contribution in [3.05, 3.63) is 95.3 Å². The smallest absolute Gasteiger partial charge is 0.323 e. The van der Waals surface area contributed by atoms with Crippen LogP contribution in [0.5, 0.6) is 11.5 Å². The van der Waals surface area contributed by atoms with Gasteiger partial charge >= 0.3 is 5.97 Å². The van der Waals surface area contributed by atoms with Gasteiger partial charge in [0.25, 0.3) is 5.91 Å². The maximum absolute atomic E-state index is 13.2. The molecule has 0 fully saturated rings. The van der Waals surface area contributed by atoms with Gasteiger partial charge in [-0.1, -0.05) is 36.4 Å². The summed E-state index contributed by atoms with van der Waals surface area (Å²) in [5, 5.41) is 9.38. The molecule has 3 aromatic rings. The number of para-hydroxylation sites is 1. The van der Waals surface area contributed by atoms with Gasteiger partial charge in [-0.2, -0.15) is 0 Å². The van der Waals surface area contributed by atoms with E-state index < -0.39 is 18.4 Å². The summed E-state index contributed by atoms with van der Waals surface area (Å²) < 4.78 is 24.6. The molecule has 7 heteroatoms. The molecule has 0 unspecified atom stereocenters. The number of ether oxygens (including phenoxy) is 2. The van der Waals surface area contributed by atoms with Gasteiger partial charge in [-0.15, -0.1) is 0 Å². The highest BCUT2D eigenvalue weighted by molar-refractivity contribution is 5.96. The highest BCUT2D eigenvalue weighted by Gasteiger charge is 2.21. The van der Waals surface area contributed by atoms with E-state index in [0.717, 1.165) is 5.56 Å². The minimum atomic E-state index is -1.12. The van der Waals surface area contributed by atoms with Crippen LogP contribution < -0.4 is 9.47 Å². The van der Waals surface area contributed by atoms with Crippen LogP contribution in [0.25, 0.3) is 0 Å². The molecule has 1 N–H and O–H groups in total. The van der Waals surface area contributed by atoms with Crippen molar-refractivity contribution in [3.63, 3.8) is 0 Å². The van der Waals surface area contributed by atoms with Gasteiger partial charge in [0.05, 0.1) is 12.6 Å². The van der Waals surface area contributed by atoms with Crippen molar-refractivity contribution in [3.8, 4) is 11.5 Å². The van der Waals surface area contributed by atoms with Crippen LogP contribution >= 0.6 is 0 Å². The Hall–Kier alpha value is -3.87. The van der Waals surface area contributed by atoms with Crippen molar-refractivity contribution in [1.29, 1.82) is 0 Å². The molecule has 6 nitrogen and oxygen atoms in total. The van der Waals surface area contributed by atoms with Crippen molar-refractivity contribution in [1.82, 2.24) is 4.90 Å². The van der Waals surface area contributed by atoms with Crippen LogP contribution in [0, 0.1) is 5.82 Å². The van der Waals surface area contributed by atoms with E-state index in [0.29, 0.717) is 22.6 Å². The molecular weight excluding hydrogens is 425 g/mol. The molecule has 0 spiro atoms. The molecular formula is C26H26FNO5. The number of nitrogens with zero attached hydrogens (tertiary/aromatic N) is 1. The second kappa shape index (κ2) is 11.1. The van der Waals surface area contributed by atoms with Gasteiger partial charge < -0.3 is 19.5 Å². The Morgan fingerprint density at radius 3 is 2.42 bits per heavy atom. The molecule has 0 radical (unpaired) electrons. The van der Waals surface area contributed by atoms with Gasteiger partial charge in [-0.05, 0) is 55.8 Å². The minimum Gasteiger partial charge on any atom is -0.491 e. The monoisotopic (exact) mass is 451 g/mol. The summed E-state index contributed by atoms with van der Waals surface area (Å²) in [6.07, 6.45) is -0.0651. The molecule has 0 heterocycles. The highest BCUT2D eigenvalue weighted by atomic mass is 19.1. The van der Waals surface area contributed by atoms with E-state index in [4.69, 9.17) is 9.47 Å². The van der Waals surface area contributed by atoms with E-state index in [1.54, 1.807) is 42.5 Å². The van der Waals surface area contributed by atoms with E-state index in [-0.39, 0.29) is 25.1 Å². The summed E-state index contributed by atoms with van der Waals surface area (Å²) in [5.74, 6) is -0.834. The van der Waals surface area contributed by atoms with E-state index in [2.05, 4.69) is 0 Å². The summed E-state index contributed by atoms with van der Waals surface area (Å²) in [6.45, 7) is 3.61. The first-order valence-electron chi connectivity index (χ1n) is 10.5. The Balaban J connectivity index is 1.77. The summed E-state index contributed by atoms with van der Waals surface area (Å²) in [4.78, 5) is 25.9. The predicted octanol–water partition coefficient (Wildman–Crippen LogP) is 4.92. The second-order valence-electron chi connectivity index (χ2n) is 7.77. The van der Waals surface area contributed by atoms with Crippen molar-refractivity contribution in [2.24, 2.45) is 0 Å². The lowest BCUT2D eigenvalue weighted by Crippen LogP contribution is -2.35. The SMILES string of the molecule is CC(C)Oc1ccccc1CN(CC(=O)O)C(=O)c1cccc(OCc2ccc(F)cc2)c1. The highest BCUT2D eigenvalue weighted by Crippen LogP contribution is 2.23. The largest absolute Gasteiger partial charge is 0.491 e. The predicted molar refractivity (Wildman–Crippen MR) is 122 cm³/mol. The van der Waals surface area contributed by atoms with Crippen LogP contribution in [0.2, 0.25) is 0 Å². The molecule has 3 aromatic carbocycles. The number of carboxylic acids is 1. The molecule has 0 aromatic heterocycles. The average Bonchev–Trinajstić information content (AvgIpc) is 2.78. The molecule has 0 atom stereocenters. The zero-order valence-electron chi connectivity index (χ0n) is 18.5. The molecule has 0 aliphatic heterocycles. The van der Waals surface area contributed by atoms with Crippen molar-refractivity contribution < 1.29 is 28.6 Å². The topological polar surface area (TPSA) is 76.1 Å². The van der Waals surface area contributed by atoms with Crippen LogP contribution in [0.3, 0.4) is 0 Å². The number of rotatable bonds is 10. The molecule has 1 amide bonds. The lowest BCUT2D eigenvalue weighted by atomic mass is 10.1. The van der Waals surface area contributed by atoms with Gasteiger partial charge in [-0.25, -0.2) is 4.39 Å². The standard InChI is InChI=1S/C26H26FNO5/c1-18(2)33-24-9-4-3-6-21(24)15-28(16-25(29)30)26(31)20-7-5-8-23(14-20)32-17-19-10-12-22(27)13-11-19/h3-14,18H,15-17H2,1-2H3,(H,29,30). The molecule has 0 bridgehead atoms. The lowest BCUT2D eigenvalue weighted by molar-refractivity contribution is -0.137. The fourth-order valence-corrected chi connectivity index (χ4v) is 3.22. The summed E-state index contributed by atoms with van der Waals surface area (Å²) in [6, 6.07) is 19.7. The van der Waals surface area contributed by atoms with E-state index in [9.17, 15) is 19.1 Å². The van der Waals surface area contributed by atoms with Gasteiger partial charge in [0.15, 0.2) is 0 Å². The zero-order chi connectivity index (χ0) is 23.8. The Kier molecular flexibility index (Phi) is 8.02. The average molecular weight is 451 g/mol. The van der Waals surface area contributed by atoms with Crippen molar-refractivity contribution in [2.75, 3.05) is 6.54 Å². The summed E-state index contributed by atoms with van der Waals surface area (Å²) in [5.41, 5.74) is 1.79. The van der Waals surface area contributed by atoms with E-state index in [1.807, 2.05) is 32.0 Å². The minimum absolute atomic E-state index is 0.0651. The first-order chi connectivity index (χ1) is 15.8. The number of carbonyl (C=O) groups excluding carboxylic acids is 1. The zero-order valence-corrected chi connectivity index (χ0v) is 18.5. The van der Waals surface area contributed by atoms with Crippen LogP contribution in [-0.4, -0.2) is 34.5 Å². The Morgan fingerprint density at radius 1 is 1.00 bits per heavy atom. The molecule has 33 heavy (non-hydrogen) atoms. The normalized spacial score (nSPS) is 10.7. The summed E-state index contributed by atoms with van der Waals surface area (Å²) >= 11 is 0. The molecule has 3 rings (SSSR count). The Labute approximate surface area is 192 Å². The number of carboxylic acid groups (broad SMARTS) is 1. The van der Waals surface area contributed by atoms with Gasteiger partial charge in [0, 0.05) is 11.1 Å². The molecule has 0 aliphatic rings. The maximum Gasteiger partial charge on any atom is 0.323 e. The number of aliphatic carboxylic acids is 1. The van der Waals surface area contributed by atoms with Crippen LogP contribution in [0.1, 0.15) is 35.3 Å². The molecule has 0 aliphatic carbocycles. The van der Waals surface area contributed by atoms with Gasteiger partial charge in [0.2, 0.25) is 0 Å². The Bertz CT molecular complexity index is 1100. The first-order valence-corrected chi connectivity index (χ1v) is 10.5. The molecule has 0 saturated carbocycles. The van der Waals surface area contributed by atoms with Crippen LogP contribution in [-0.2, 0) is 17.9 Å². The van der Waals surface area contributed by atoms with Gasteiger partial charge in [0.1, 0.15) is 30.5 Å². The fourth-order valence-electron chi connectivity index (χ4n) is 3.22.